The van der Waals surface area contributed by atoms with Crippen LogP contribution >= 0.6 is 0 Å². The number of rotatable bonds is 4. The highest BCUT2D eigenvalue weighted by molar-refractivity contribution is 6.61. The standard InChI is InChI=1S/C18H23BN2O5/c1-17(2)18(3,4)26-19(25-17)14-11-21(16(20-14)24-6)13-9-7-12(8-10-13)15(22)23-5/h7-11H,1-6H3. The largest absolute Gasteiger partial charge is 0.516 e. The molecule has 26 heavy (non-hydrogen) atoms. The van der Waals surface area contributed by atoms with E-state index in [9.17, 15) is 4.79 Å². The van der Waals surface area contributed by atoms with Gasteiger partial charge in [-0.25, -0.2) is 9.78 Å². The Balaban J connectivity index is 1.92. The molecule has 0 unspecified atom stereocenters. The van der Waals surface area contributed by atoms with Crippen molar-refractivity contribution in [3.05, 3.63) is 36.0 Å². The van der Waals surface area contributed by atoms with Gasteiger partial charge in [-0.2, -0.15) is 0 Å². The summed E-state index contributed by atoms with van der Waals surface area (Å²) in [6.45, 7) is 7.97. The van der Waals surface area contributed by atoms with Gasteiger partial charge in [0.1, 0.15) is 0 Å². The highest BCUT2D eigenvalue weighted by Crippen LogP contribution is 2.36. The van der Waals surface area contributed by atoms with Crippen molar-refractivity contribution in [2.24, 2.45) is 0 Å². The fourth-order valence-corrected chi connectivity index (χ4v) is 2.66. The molecular formula is C18H23BN2O5. The third-order valence-corrected chi connectivity index (χ3v) is 4.94. The average Bonchev–Trinajstić information content (AvgIpc) is 3.13. The Morgan fingerprint density at radius 2 is 1.65 bits per heavy atom. The van der Waals surface area contributed by atoms with Crippen LogP contribution in [0, 0.1) is 0 Å². The summed E-state index contributed by atoms with van der Waals surface area (Å²) in [7, 11) is 2.33. The minimum absolute atomic E-state index is 0.382. The van der Waals surface area contributed by atoms with E-state index >= 15 is 0 Å². The van der Waals surface area contributed by atoms with Gasteiger partial charge in [0.25, 0.3) is 6.01 Å². The fraction of sp³-hybridized carbons (Fsp3) is 0.444. The number of benzene rings is 1. The molecule has 1 saturated heterocycles. The van der Waals surface area contributed by atoms with Gasteiger partial charge >= 0.3 is 13.1 Å². The van der Waals surface area contributed by atoms with Crippen molar-refractivity contribution < 1.29 is 23.6 Å². The Hall–Kier alpha value is -2.32. The van der Waals surface area contributed by atoms with Crippen LogP contribution in [0.5, 0.6) is 6.01 Å². The van der Waals surface area contributed by atoms with Crippen molar-refractivity contribution in [1.82, 2.24) is 9.55 Å². The van der Waals surface area contributed by atoms with E-state index in [-0.39, 0.29) is 5.97 Å². The van der Waals surface area contributed by atoms with Gasteiger partial charge in [0, 0.05) is 6.20 Å². The zero-order valence-electron chi connectivity index (χ0n) is 15.9. The number of imidazole rings is 1. The van der Waals surface area contributed by atoms with Crippen molar-refractivity contribution in [3.63, 3.8) is 0 Å². The summed E-state index contributed by atoms with van der Waals surface area (Å²) in [6.07, 6.45) is 1.81. The Bertz CT molecular complexity index is 797. The van der Waals surface area contributed by atoms with E-state index in [0.29, 0.717) is 17.2 Å². The number of carbonyl (C=O) groups excluding carboxylic acids is 1. The number of nitrogens with zero attached hydrogens (tertiary/aromatic N) is 2. The van der Waals surface area contributed by atoms with Crippen LogP contribution in [0.15, 0.2) is 30.5 Å². The first-order valence-electron chi connectivity index (χ1n) is 8.36. The van der Waals surface area contributed by atoms with Crippen LogP contribution in [0.2, 0.25) is 0 Å². The van der Waals surface area contributed by atoms with Crippen molar-refractivity contribution in [1.29, 1.82) is 0 Å². The minimum atomic E-state index is -0.579. The molecule has 2 heterocycles. The van der Waals surface area contributed by atoms with Crippen LogP contribution in [-0.2, 0) is 14.0 Å². The molecule has 138 valence electrons. The average molecular weight is 358 g/mol. The van der Waals surface area contributed by atoms with Crippen molar-refractivity contribution >= 4 is 18.7 Å². The summed E-state index contributed by atoms with van der Waals surface area (Å²) < 4.78 is 24.0. The molecule has 0 amide bonds. The topological polar surface area (TPSA) is 71.8 Å². The number of methoxy groups -OCH3 is 2. The molecule has 2 aromatic rings. The third kappa shape index (κ3) is 3.10. The second kappa shape index (κ2) is 6.44. The molecule has 1 aromatic carbocycles. The molecule has 8 heteroatoms. The molecule has 3 rings (SSSR count). The smallest absolute Gasteiger partial charge is 0.468 e. The molecule has 1 aliphatic rings. The molecule has 0 saturated carbocycles. The predicted molar refractivity (Wildman–Crippen MR) is 97.2 cm³/mol. The lowest BCUT2D eigenvalue weighted by Gasteiger charge is -2.32. The van der Waals surface area contributed by atoms with Crippen LogP contribution in [-0.4, -0.2) is 48.1 Å². The second-order valence-electron chi connectivity index (χ2n) is 7.15. The van der Waals surface area contributed by atoms with Crippen molar-refractivity contribution in [3.8, 4) is 11.7 Å². The number of hydrogen-bond acceptors (Lipinski definition) is 6. The van der Waals surface area contributed by atoms with E-state index in [1.807, 2.05) is 33.9 Å². The van der Waals surface area contributed by atoms with Crippen molar-refractivity contribution in [2.45, 2.75) is 38.9 Å². The fourth-order valence-electron chi connectivity index (χ4n) is 2.66. The van der Waals surface area contributed by atoms with Gasteiger partial charge in [-0.15, -0.1) is 0 Å². The number of esters is 1. The summed E-state index contributed by atoms with van der Waals surface area (Å²) >= 11 is 0. The van der Waals surface area contributed by atoms with E-state index in [1.165, 1.54) is 7.11 Å². The monoisotopic (exact) mass is 358 g/mol. The van der Waals surface area contributed by atoms with Gasteiger partial charge in [-0.05, 0) is 52.0 Å². The van der Waals surface area contributed by atoms with E-state index in [0.717, 1.165) is 5.69 Å². The molecule has 0 N–H and O–H groups in total. The second-order valence-corrected chi connectivity index (χ2v) is 7.15. The quantitative estimate of drug-likeness (QED) is 0.615. The van der Waals surface area contributed by atoms with Gasteiger partial charge in [-0.3, -0.25) is 4.57 Å². The Morgan fingerprint density at radius 3 is 2.15 bits per heavy atom. The Kier molecular flexibility index (Phi) is 4.58. The Labute approximate surface area is 153 Å². The molecule has 7 nitrogen and oxygen atoms in total. The predicted octanol–water partition coefficient (Wildman–Crippen LogP) is 1.97. The summed E-state index contributed by atoms with van der Waals surface area (Å²) in [5.41, 5.74) is 0.997. The highest BCUT2D eigenvalue weighted by atomic mass is 16.7. The lowest BCUT2D eigenvalue weighted by molar-refractivity contribution is 0.00578. The molecule has 1 fully saturated rings. The lowest BCUT2D eigenvalue weighted by Crippen LogP contribution is -2.41. The summed E-state index contributed by atoms with van der Waals surface area (Å²) in [6, 6.07) is 7.37. The van der Waals surface area contributed by atoms with Crippen LogP contribution in [0.1, 0.15) is 38.1 Å². The summed E-state index contributed by atoms with van der Waals surface area (Å²) in [4.78, 5) is 16.1. The minimum Gasteiger partial charge on any atom is -0.468 e. The highest BCUT2D eigenvalue weighted by Gasteiger charge is 2.52. The van der Waals surface area contributed by atoms with Gasteiger partial charge in [0.15, 0.2) is 0 Å². The van der Waals surface area contributed by atoms with Gasteiger partial charge in [-0.1, -0.05) is 0 Å². The normalized spacial score (nSPS) is 18.0. The lowest BCUT2D eigenvalue weighted by atomic mass is 9.86. The number of carbonyl (C=O) groups is 1. The van der Waals surface area contributed by atoms with E-state index in [1.54, 1.807) is 35.9 Å². The van der Waals surface area contributed by atoms with Gasteiger partial charge in [0.05, 0.1) is 42.3 Å². The van der Waals surface area contributed by atoms with Gasteiger partial charge < -0.3 is 18.8 Å². The van der Waals surface area contributed by atoms with Crippen molar-refractivity contribution in [2.75, 3.05) is 14.2 Å². The zero-order valence-corrected chi connectivity index (χ0v) is 15.9. The maximum Gasteiger partial charge on any atom is 0.516 e. The summed E-state index contributed by atoms with van der Waals surface area (Å²) in [5.74, 6) is -0.382. The molecule has 0 atom stereocenters. The molecule has 0 spiro atoms. The first-order chi connectivity index (χ1) is 12.2. The maximum atomic E-state index is 11.6. The molecule has 1 aromatic heterocycles. The Morgan fingerprint density at radius 1 is 1.08 bits per heavy atom. The van der Waals surface area contributed by atoms with E-state index in [2.05, 4.69) is 4.98 Å². The number of aromatic nitrogens is 2. The SMILES string of the molecule is COC(=O)c1ccc(-n2cc(B3OC(C)(C)C(C)(C)O3)nc2OC)cc1. The molecule has 0 aliphatic carbocycles. The van der Waals surface area contributed by atoms with Crippen LogP contribution < -0.4 is 10.3 Å². The first kappa shape index (κ1) is 18.5. The maximum absolute atomic E-state index is 11.6. The van der Waals surface area contributed by atoms with Crippen LogP contribution in [0.3, 0.4) is 0 Å². The molecular weight excluding hydrogens is 335 g/mol. The van der Waals surface area contributed by atoms with E-state index < -0.39 is 18.3 Å². The molecule has 1 aliphatic heterocycles. The van der Waals surface area contributed by atoms with Crippen LogP contribution in [0.4, 0.5) is 0 Å². The third-order valence-electron chi connectivity index (χ3n) is 4.94. The molecule has 0 radical (unpaired) electrons. The van der Waals surface area contributed by atoms with E-state index in [4.69, 9.17) is 18.8 Å². The zero-order chi connectivity index (χ0) is 19.1. The number of ether oxygens (including phenoxy) is 2. The van der Waals surface area contributed by atoms with Crippen LogP contribution in [0.25, 0.3) is 5.69 Å². The van der Waals surface area contributed by atoms with Gasteiger partial charge in [0.2, 0.25) is 0 Å². The summed E-state index contributed by atoms with van der Waals surface area (Å²) in [5, 5.41) is 0. The first-order valence-corrected chi connectivity index (χ1v) is 8.36. The molecule has 0 bridgehead atoms. The number of hydrogen-bond donors (Lipinski definition) is 0.